The molecule has 2 fully saturated rings. The molecule has 19 heavy (non-hydrogen) atoms. The van der Waals surface area contributed by atoms with Crippen molar-refractivity contribution in [3.8, 4) is 0 Å². The molecule has 3 rings (SSSR count). The van der Waals surface area contributed by atoms with Crippen molar-refractivity contribution in [3.05, 3.63) is 35.9 Å². The lowest BCUT2D eigenvalue weighted by atomic mass is 10.0. The number of rotatable bonds is 5. The van der Waals surface area contributed by atoms with Gasteiger partial charge in [-0.3, -0.25) is 4.90 Å². The smallest absolute Gasteiger partial charge is 0.0261 e. The Hall–Kier alpha value is -0.860. The first-order valence-corrected chi connectivity index (χ1v) is 7.82. The molecule has 2 atom stereocenters. The fourth-order valence-electron chi connectivity index (χ4n) is 3.15. The summed E-state index contributed by atoms with van der Waals surface area (Å²) in [7, 11) is 0. The van der Waals surface area contributed by atoms with Crippen molar-refractivity contribution in [1.29, 1.82) is 0 Å². The number of piperazine rings is 1. The minimum atomic E-state index is 0.645. The third kappa shape index (κ3) is 3.80. The molecule has 2 unspecified atom stereocenters. The monoisotopic (exact) mass is 258 g/mol. The number of nitrogens with one attached hydrogen (secondary N) is 1. The maximum atomic E-state index is 3.64. The van der Waals surface area contributed by atoms with Gasteiger partial charge in [-0.1, -0.05) is 43.2 Å². The van der Waals surface area contributed by atoms with Crippen LogP contribution in [0.5, 0.6) is 0 Å². The van der Waals surface area contributed by atoms with Gasteiger partial charge in [0.05, 0.1) is 0 Å². The van der Waals surface area contributed by atoms with Crippen LogP contribution in [0.1, 0.15) is 31.7 Å². The van der Waals surface area contributed by atoms with Crippen LogP contribution in [0.15, 0.2) is 30.3 Å². The van der Waals surface area contributed by atoms with Crippen molar-refractivity contribution in [2.75, 3.05) is 19.6 Å². The Labute approximate surface area is 117 Å². The molecule has 1 heterocycles. The maximum absolute atomic E-state index is 3.64. The van der Waals surface area contributed by atoms with Gasteiger partial charge in [0, 0.05) is 25.2 Å². The van der Waals surface area contributed by atoms with Crippen molar-refractivity contribution < 1.29 is 0 Å². The first kappa shape index (κ1) is 13.1. The van der Waals surface area contributed by atoms with Gasteiger partial charge in [0.25, 0.3) is 0 Å². The van der Waals surface area contributed by atoms with E-state index >= 15 is 0 Å². The van der Waals surface area contributed by atoms with Crippen LogP contribution < -0.4 is 5.32 Å². The minimum Gasteiger partial charge on any atom is -0.311 e. The van der Waals surface area contributed by atoms with Crippen molar-refractivity contribution in [3.63, 3.8) is 0 Å². The molecule has 0 amide bonds. The number of hydrogen-bond acceptors (Lipinski definition) is 2. The molecule has 1 N–H and O–H groups in total. The third-order valence-electron chi connectivity index (χ3n) is 4.56. The van der Waals surface area contributed by atoms with Gasteiger partial charge in [-0.25, -0.2) is 0 Å². The highest BCUT2D eigenvalue weighted by molar-refractivity contribution is 5.16. The first-order valence-electron chi connectivity index (χ1n) is 7.82. The van der Waals surface area contributed by atoms with Gasteiger partial charge < -0.3 is 5.32 Å². The molecule has 0 aromatic heterocycles. The Morgan fingerprint density at radius 2 is 2.00 bits per heavy atom. The molecule has 1 aromatic rings. The normalized spacial score (nSPS) is 28.5. The van der Waals surface area contributed by atoms with E-state index in [4.69, 9.17) is 0 Å². The Balaban J connectivity index is 1.59. The Kier molecular flexibility index (Phi) is 4.19. The number of benzene rings is 1. The topological polar surface area (TPSA) is 15.3 Å². The van der Waals surface area contributed by atoms with Crippen LogP contribution in [0.3, 0.4) is 0 Å². The van der Waals surface area contributed by atoms with Crippen LogP contribution in [0.2, 0.25) is 0 Å². The highest BCUT2D eigenvalue weighted by Gasteiger charge is 2.28. The van der Waals surface area contributed by atoms with Crippen LogP contribution in [-0.4, -0.2) is 36.6 Å². The van der Waals surface area contributed by atoms with Crippen molar-refractivity contribution >= 4 is 0 Å². The third-order valence-corrected chi connectivity index (χ3v) is 4.56. The molecule has 2 nitrogen and oxygen atoms in total. The molecule has 2 heteroatoms. The van der Waals surface area contributed by atoms with Crippen molar-refractivity contribution in [2.24, 2.45) is 5.92 Å². The Bertz CT molecular complexity index is 386. The minimum absolute atomic E-state index is 0.645. The van der Waals surface area contributed by atoms with Gasteiger partial charge >= 0.3 is 0 Å². The average Bonchev–Trinajstić information content (AvgIpc) is 3.24. The fourth-order valence-corrected chi connectivity index (χ4v) is 3.15. The van der Waals surface area contributed by atoms with Gasteiger partial charge in [0.2, 0.25) is 0 Å². The lowest BCUT2D eigenvalue weighted by molar-refractivity contribution is 0.131. The van der Waals surface area contributed by atoms with E-state index in [1.807, 2.05) is 0 Å². The molecule has 2 aliphatic rings. The average molecular weight is 258 g/mol. The summed E-state index contributed by atoms with van der Waals surface area (Å²) in [5, 5.41) is 3.64. The second-order valence-corrected chi connectivity index (χ2v) is 6.38. The van der Waals surface area contributed by atoms with E-state index < -0.39 is 0 Å². The lowest BCUT2D eigenvalue weighted by Gasteiger charge is -2.39. The molecule has 1 aliphatic heterocycles. The quantitative estimate of drug-likeness (QED) is 0.873. The van der Waals surface area contributed by atoms with Gasteiger partial charge in [0.15, 0.2) is 0 Å². The predicted octanol–water partition coefficient (Wildman–Crippen LogP) is 2.69. The molecule has 0 bridgehead atoms. The van der Waals surface area contributed by atoms with Gasteiger partial charge in [-0.05, 0) is 37.8 Å². The summed E-state index contributed by atoms with van der Waals surface area (Å²) in [5.41, 5.74) is 1.47. The predicted molar refractivity (Wildman–Crippen MR) is 80.3 cm³/mol. The second-order valence-electron chi connectivity index (χ2n) is 6.38. The molecule has 1 aliphatic carbocycles. The highest BCUT2D eigenvalue weighted by Crippen LogP contribution is 2.32. The Morgan fingerprint density at radius 1 is 1.21 bits per heavy atom. The van der Waals surface area contributed by atoms with E-state index in [1.54, 1.807) is 0 Å². The fraction of sp³-hybridized carbons (Fsp3) is 0.647. The van der Waals surface area contributed by atoms with Crippen LogP contribution in [-0.2, 0) is 6.42 Å². The zero-order valence-corrected chi connectivity index (χ0v) is 12.0. The zero-order valence-electron chi connectivity index (χ0n) is 12.0. The van der Waals surface area contributed by atoms with Gasteiger partial charge in [-0.2, -0.15) is 0 Å². The molecule has 1 saturated heterocycles. The lowest BCUT2D eigenvalue weighted by Crippen LogP contribution is -2.56. The number of nitrogens with zero attached hydrogens (tertiary/aromatic N) is 1. The van der Waals surface area contributed by atoms with Gasteiger partial charge in [0.1, 0.15) is 0 Å². The van der Waals surface area contributed by atoms with Crippen LogP contribution in [0.25, 0.3) is 0 Å². The molecule has 104 valence electrons. The van der Waals surface area contributed by atoms with E-state index in [-0.39, 0.29) is 0 Å². The standard InChI is InChI=1S/C17H26N2/c1-14-13-19(10-9-15-7-8-15)17(12-18-14)11-16-5-3-2-4-6-16/h2-6,14-15,17-18H,7-13H2,1H3. The van der Waals surface area contributed by atoms with E-state index in [0.29, 0.717) is 12.1 Å². The van der Waals surface area contributed by atoms with Crippen molar-refractivity contribution in [2.45, 2.75) is 44.7 Å². The van der Waals surface area contributed by atoms with Crippen LogP contribution in [0.4, 0.5) is 0 Å². The molecule has 0 spiro atoms. The number of hydrogen-bond donors (Lipinski definition) is 1. The van der Waals surface area contributed by atoms with E-state index in [2.05, 4.69) is 47.5 Å². The second kappa shape index (κ2) is 6.06. The SMILES string of the molecule is CC1CN(CCC2CC2)C(Cc2ccccc2)CN1. The summed E-state index contributed by atoms with van der Waals surface area (Å²) >= 11 is 0. The summed E-state index contributed by atoms with van der Waals surface area (Å²) < 4.78 is 0. The summed E-state index contributed by atoms with van der Waals surface area (Å²) in [6.07, 6.45) is 5.55. The maximum Gasteiger partial charge on any atom is 0.0261 e. The summed E-state index contributed by atoms with van der Waals surface area (Å²) in [6.45, 7) is 5.96. The molecule has 1 aromatic carbocycles. The van der Waals surface area contributed by atoms with E-state index in [1.165, 1.54) is 44.3 Å². The van der Waals surface area contributed by atoms with Gasteiger partial charge in [-0.15, -0.1) is 0 Å². The first-order chi connectivity index (χ1) is 9.31. The largest absolute Gasteiger partial charge is 0.311 e. The summed E-state index contributed by atoms with van der Waals surface area (Å²) in [5.74, 6) is 1.04. The van der Waals surface area contributed by atoms with E-state index in [9.17, 15) is 0 Å². The highest BCUT2D eigenvalue weighted by atomic mass is 15.2. The molecule has 1 saturated carbocycles. The molecule has 0 radical (unpaired) electrons. The summed E-state index contributed by atoms with van der Waals surface area (Å²) in [6, 6.07) is 12.3. The van der Waals surface area contributed by atoms with Crippen LogP contribution in [0, 0.1) is 5.92 Å². The molecular weight excluding hydrogens is 232 g/mol. The zero-order chi connectivity index (χ0) is 13.1. The summed E-state index contributed by atoms with van der Waals surface area (Å²) in [4.78, 5) is 2.73. The van der Waals surface area contributed by atoms with Crippen LogP contribution >= 0.6 is 0 Å². The van der Waals surface area contributed by atoms with Crippen molar-refractivity contribution in [1.82, 2.24) is 10.2 Å². The Morgan fingerprint density at radius 3 is 2.74 bits per heavy atom. The molecular formula is C17H26N2. The van der Waals surface area contributed by atoms with E-state index in [0.717, 1.165) is 12.5 Å².